The number of aromatic amines is 1. The van der Waals surface area contributed by atoms with E-state index in [0.717, 1.165) is 19.0 Å². The zero-order valence-electron chi connectivity index (χ0n) is 12.3. The van der Waals surface area contributed by atoms with E-state index in [2.05, 4.69) is 55.5 Å². The molecule has 122 valence electrons. The van der Waals surface area contributed by atoms with Crippen LogP contribution in [0.15, 0.2) is 28.9 Å². The summed E-state index contributed by atoms with van der Waals surface area (Å²) in [5.41, 5.74) is 2.75. The first kappa shape index (κ1) is 18.1. The van der Waals surface area contributed by atoms with Crippen LogP contribution < -0.4 is 5.32 Å². The second kappa shape index (κ2) is 7.54. The van der Waals surface area contributed by atoms with Crippen molar-refractivity contribution >= 4 is 51.6 Å². The molecule has 2 aliphatic rings. The highest BCUT2D eigenvalue weighted by Crippen LogP contribution is 2.46. The van der Waals surface area contributed by atoms with Crippen LogP contribution in [-0.2, 0) is 0 Å². The van der Waals surface area contributed by atoms with Crippen LogP contribution in [0, 0.1) is 5.92 Å². The van der Waals surface area contributed by atoms with E-state index in [0.29, 0.717) is 6.04 Å². The minimum absolute atomic E-state index is 0. The fourth-order valence-electron chi connectivity index (χ4n) is 3.48. The summed E-state index contributed by atoms with van der Waals surface area (Å²) in [6, 6.07) is 7.14. The van der Waals surface area contributed by atoms with Crippen molar-refractivity contribution < 1.29 is 0 Å². The smallest absolute Gasteiger partial charge is 0.0458 e. The van der Waals surface area contributed by atoms with E-state index in [9.17, 15) is 0 Å². The van der Waals surface area contributed by atoms with Gasteiger partial charge in [0.15, 0.2) is 0 Å². The van der Waals surface area contributed by atoms with Gasteiger partial charge in [0, 0.05) is 53.8 Å². The second-order valence-electron chi connectivity index (χ2n) is 6.00. The number of rotatable bonds is 3. The molecule has 1 saturated carbocycles. The molecule has 0 spiro atoms. The van der Waals surface area contributed by atoms with Crippen LogP contribution in [0.2, 0.25) is 0 Å². The molecule has 2 fully saturated rings. The van der Waals surface area contributed by atoms with Gasteiger partial charge >= 0.3 is 0 Å². The molecule has 1 atom stereocenters. The number of benzene rings is 1. The van der Waals surface area contributed by atoms with E-state index in [1.54, 1.807) is 0 Å². The number of hydrogen-bond acceptors (Lipinski definition) is 2. The van der Waals surface area contributed by atoms with Gasteiger partial charge in [-0.25, -0.2) is 0 Å². The van der Waals surface area contributed by atoms with Gasteiger partial charge in [-0.15, -0.1) is 24.8 Å². The molecule has 2 N–H and O–H groups in total. The first-order valence-electron chi connectivity index (χ1n) is 7.54. The molecule has 0 amide bonds. The number of nitrogens with zero attached hydrogens (tertiary/aromatic N) is 1. The van der Waals surface area contributed by atoms with E-state index in [-0.39, 0.29) is 24.8 Å². The highest BCUT2D eigenvalue weighted by atomic mass is 79.9. The van der Waals surface area contributed by atoms with Crippen molar-refractivity contribution in [3.8, 4) is 0 Å². The molecule has 0 bridgehead atoms. The topological polar surface area (TPSA) is 31.1 Å². The number of piperazine rings is 1. The monoisotopic (exact) mass is 405 g/mol. The Bertz CT molecular complexity index is 621. The van der Waals surface area contributed by atoms with Gasteiger partial charge in [0.2, 0.25) is 0 Å². The van der Waals surface area contributed by atoms with E-state index in [4.69, 9.17) is 0 Å². The van der Waals surface area contributed by atoms with Crippen molar-refractivity contribution in [3.63, 3.8) is 0 Å². The van der Waals surface area contributed by atoms with Crippen molar-refractivity contribution in [2.75, 3.05) is 26.2 Å². The van der Waals surface area contributed by atoms with Crippen LogP contribution >= 0.6 is 40.7 Å². The average Bonchev–Trinajstić information content (AvgIpc) is 3.22. The van der Waals surface area contributed by atoms with E-state index < -0.39 is 0 Å². The lowest BCUT2D eigenvalue weighted by Gasteiger charge is -2.35. The predicted molar refractivity (Wildman–Crippen MR) is 100 cm³/mol. The highest BCUT2D eigenvalue weighted by Gasteiger charge is 2.37. The number of hydrogen-bond donors (Lipinski definition) is 2. The van der Waals surface area contributed by atoms with E-state index >= 15 is 0 Å². The lowest BCUT2D eigenvalue weighted by molar-refractivity contribution is 0.157. The van der Waals surface area contributed by atoms with E-state index in [1.165, 1.54) is 46.9 Å². The summed E-state index contributed by atoms with van der Waals surface area (Å²) in [5.74, 6) is 0.853. The average molecular weight is 407 g/mol. The molecule has 3 nitrogen and oxygen atoms in total. The molecule has 0 unspecified atom stereocenters. The first-order chi connectivity index (χ1) is 9.83. The van der Waals surface area contributed by atoms with Crippen LogP contribution in [0.3, 0.4) is 0 Å². The Labute approximate surface area is 152 Å². The Morgan fingerprint density at radius 2 is 1.86 bits per heavy atom. The van der Waals surface area contributed by atoms with Crippen molar-refractivity contribution in [1.29, 1.82) is 0 Å². The fourth-order valence-corrected chi connectivity index (χ4v) is 3.84. The molecule has 4 rings (SSSR count). The molecular weight excluding hydrogens is 385 g/mol. The summed E-state index contributed by atoms with van der Waals surface area (Å²) in [4.78, 5) is 6.13. The third-order valence-electron chi connectivity index (χ3n) is 4.61. The van der Waals surface area contributed by atoms with Crippen molar-refractivity contribution in [2.24, 2.45) is 5.92 Å². The Kier molecular flexibility index (Phi) is 6.20. The maximum Gasteiger partial charge on any atom is 0.0458 e. The maximum absolute atomic E-state index is 3.61. The van der Waals surface area contributed by atoms with Gasteiger partial charge in [-0.2, -0.15) is 0 Å². The van der Waals surface area contributed by atoms with E-state index in [1.807, 2.05) is 0 Å². The maximum atomic E-state index is 3.61. The van der Waals surface area contributed by atoms with Gasteiger partial charge < -0.3 is 10.3 Å². The van der Waals surface area contributed by atoms with Gasteiger partial charge in [0.1, 0.15) is 0 Å². The Hall–Kier alpha value is -0.260. The summed E-state index contributed by atoms with van der Waals surface area (Å²) < 4.78 is 1.17. The molecule has 2 heterocycles. The quantitative estimate of drug-likeness (QED) is 0.802. The van der Waals surface area contributed by atoms with Crippen LogP contribution in [0.5, 0.6) is 0 Å². The van der Waals surface area contributed by atoms with Crippen LogP contribution in [0.4, 0.5) is 0 Å². The molecule has 22 heavy (non-hydrogen) atoms. The van der Waals surface area contributed by atoms with Crippen molar-refractivity contribution in [2.45, 2.75) is 18.9 Å². The van der Waals surface area contributed by atoms with Crippen LogP contribution in [0.25, 0.3) is 10.9 Å². The number of fused-ring (bicyclic) bond motifs is 1. The number of halogens is 3. The summed E-state index contributed by atoms with van der Waals surface area (Å²) in [6.07, 6.45) is 5.01. The zero-order chi connectivity index (χ0) is 13.5. The first-order valence-corrected chi connectivity index (χ1v) is 8.33. The lowest BCUT2D eigenvalue weighted by Crippen LogP contribution is -2.45. The molecule has 1 aromatic heterocycles. The van der Waals surface area contributed by atoms with Crippen LogP contribution in [0.1, 0.15) is 24.4 Å². The number of aromatic nitrogens is 1. The minimum atomic E-state index is 0. The Morgan fingerprint density at radius 1 is 1.14 bits per heavy atom. The molecular formula is C16H22BrCl2N3. The SMILES string of the molecule is Brc1ccc2[nH]cc([C@H](C3CC3)N3CCNCC3)c2c1.Cl.Cl. The fraction of sp³-hybridized carbons (Fsp3) is 0.500. The zero-order valence-corrected chi connectivity index (χ0v) is 15.6. The molecule has 0 radical (unpaired) electrons. The van der Waals surface area contributed by atoms with Crippen molar-refractivity contribution in [3.05, 3.63) is 34.4 Å². The van der Waals surface area contributed by atoms with Crippen molar-refractivity contribution in [1.82, 2.24) is 15.2 Å². The molecule has 1 aliphatic carbocycles. The molecule has 1 aromatic carbocycles. The van der Waals surface area contributed by atoms with Gasteiger partial charge in [-0.1, -0.05) is 15.9 Å². The molecule has 2 aromatic rings. The van der Waals surface area contributed by atoms with Gasteiger partial charge in [0.25, 0.3) is 0 Å². The third kappa shape index (κ3) is 3.46. The summed E-state index contributed by atoms with van der Waals surface area (Å²) in [5, 5.41) is 4.85. The molecule has 1 aliphatic heterocycles. The van der Waals surface area contributed by atoms with Gasteiger partial charge in [-0.05, 0) is 42.5 Å². The van der Waals surface area contributed by atoms with Crippen LogP contribution in [-0.4, -0.2) is 36.1 Å². The van der Waals surface area contributed by atoms with Gasteiger partial charge in [0.05, 0.1) is 0 Å². The largest absolute Gasteiger partial charge is 0.361 e. The summed E-state index contributed by atoms with van der Waals surface area (Å²) in [7, 11) is 0. The molecule has 6 heteroatoms. The summed E-state index contributed by atoms with van der Waals surface area (Å²) in [6.45, 7) is 4.58. The second-order valence-corrected chi connectivity index (χ2v) is 6.92. The Balaban J connectivity index is 0.000000882. The standard InChI is InChI=1S/C16H20BrN3.2ClH/c17-12-3-4-15-13(9-12)14(10-19-15)16(11-1-2-11)20-7-5-18-6-8-20;;/h3-4,9-11,16,18-19H,1-2,5-8H2;2*1H/t16-;;/m0../s1. The number of nitrogens with one attached hydrogen (secondary N) is 2. The third-order valence-corrected chi connectivity index (χ3v) is 5.10. The Morgan fingerprint density at radius 3 is 2.55 bits per heavy atom. The summed E-state index contributed by atoms with van der Waals surface area (Å²) >= 11 is 3.61. The predicted octanol–water partition coefficient (Wildman–Crippen LogP) is 4.13. The normalized spacial score (nSPS) is 20.2. The minimum Gasteiger partial charge on any atom is -0.361 e. The highest BCUT2D eigenvalue weighted by molar-refractivity contribution is 9.10. The van der Waals surface area contributed by atoms with Gasteiger partial charge in [-0.3, -0.25) is 4.90 Å². The lowest BCUT2D eigenvalue weighted by atomic mass is 9.99. The number of H-pyrrole nitrogens is 1. The molecule has 1 saturated heterocycles.